The molecule has 0 aliphatic heterocycles. The molecular weight excluding hydrogens is 324 g/mol. The zero-order valence-electron chi connectivity index (χ0n) is 15.4. The highest BCUT2D eigenvalue weighted by molar-refractivity contribution is 5.93. The first-order valence-corrected chi connectivity index (χ1v) is 8.48. The van der Waals surface area contributed by atoms with Crippen molar-refractivity contribution in [1.29, 1.82) is 0 Å². The molecule has 26 heavy (non-hydrogen) atoms. The average Bonchev–Trinajstić information content (AvgIpc) is 2.88. The molecule has 0 aliphatic rings. The van der Waals surface area contributed by atoms with Gasteiger partial charge in [-0.2, -0.15) is 5.10 Å². The maximum atomic E-state index is 12.0. The predicted molar refractivity (Wildman–Crippen MR) is 104 cm³/mol. The average molecular weight is 346 g/mol. The normalized spacial score (nSPS) is 11.1. The van der Waals surface area contributed by atoms with Crippen LogP contribution in [0, 0.1) is 27.7 Å². The molecule has 0 saturated carbocycles. The van der Waals surface area contributed by atoms with E-state index in [1.54, 1.807) is 30.6 Å². The van der Waals surface area contributed by atoms with Crippen LogP contribution in [0.5, 0.6) is 0 Å². The Morgan fingerprint density at radius 2 is 1.81 bits per heavy atom. The van der Waals surface area contributed by atoms with Crippen molar-refractivity contribution in [2.45, 2.75) is 27.7 Å². The second-order valence-corrected chi connectivity index (χ2v) is 6.42. The molecule has 2 heterocycles. The van der Waals surface area contributed by atoms with Crippen LogP contribution >= 0.6 is 0 Å². The summed E-state index contributed by atoms with van der Waals surface area (Å²) in [6.45, 7) is 8.31. The predicted octanol–water partition coefficient (Wildman–Crippen LogP) is 3.87. The standard InChI is InChI=1S/C21H22N4O/c1-14-9-15(2)11-19(10-14)25-16(3)12-18(17(25)4)13-23-24-21(26)20-7-5-6-8-22-20/h5-13H,1-4H3,(H,24,26)/b23-13-. The SMILES string of the molecule is Cc1cc(C)cc(-n2c(C)cc(/C=N\NC(=O)c3ccccn3)c2C)c1. The zero-order chi connectivity index (χ0) is 18.7. The van der Waals surface area contributed by atoms with Gasteiger partial charge in [-0.15, -0.1) is 0 Å². The van der Waals surface area contributed by atoms with E-state index in [-0.39, 0.29) is 5.91 Å². The molecule has 0 spiro atoms. The Labute approximate surface area is 153 Å². The molecule has 0 radical (unpaired) electrons. The van der Waals surface area contributed by atoms with Gasteiger partial charge >= 0.3 is 0 Å². The van der Waals surface area contributed by atoms with Gasteiger partial charge in [0.25, 0.3) is 5.91 Å². The van der Waals surface area contributed by atoms with E-state index in [1.807, 2.05) is 6.92 Å². The number of hydrazone groups is 1. The quantitative estimate of drug-likeness (QED) is 0.576. The number of nitrogens with zero attached hydrogens (tertiary/aromatic N) is 3. The van der Waals surface area contributed by atoms with E-state index in [9.17, 15) is 4.79 Å². The number of carbonyl (C=O) groups is 1. The topological polar surface area (TPSA) is 59.3 Å². The lowest BCUT2D eigenvalue weighted by Crippen LogP contribution is -2.18. The molecule has 0 aliphatic carbocycles. The van der Waals surface area contributed by atoms with Gasteiger partial charge in [-0.3, -0.25) is 9.78 Å². The van der Waals surface area contributed by atoms with Crippen LogP contribution in [0.4, 0.5) is 0 Å². The molecule has 1 N–H and O–H groups in total. The summed E-state index contributed by atoms with van der Waals surface area (Å²) in [6.07, 6.45) is 3.25. The van der Waals surface area contributed by atoms with Gasteiger partial charge in [0.05, 0.1) is 6.21 Å². The van der Waals surface area contributed by atoms with Crippen LogP contribution in [0.1, 0.15) is 38.6 Å². The minimum Gasteiger partial charge on any atom is -0.318 e. The van der Waals surface area contributed by atoms with E-state index < -0.39 is 0 Å². The molecule has 1 aromatic carbocycles. The molecule has 3 rings (SSSR count). The van der Waals surface area contributed by atoms with Gasteiger partial charge in [-0.05, 0) is 69.2 Å². The highest BCUT2D eigenvalue weighted by Crippen LogP contribution is 2.21. The number of aromatic nitrogens is 2. The fraction of sp³-hybridized carbons (Fsp3) is 0.190. The third-order valence-corrected chi connectivity index (χ3v) is 4.20. The number of nitrogens with one attached hydrogen (secondary N) is 1. The number of benzene rings is 1. The zero-order valence-corrected chi connectivity index (χ0v) is 15.4. The Balaban J connectivity index is 1.83. The summed E-state index contributed by atoms with van der Waals surface area (Å²) < 4.78 is 2.20. The Kier molecular flexibility index (Phi) is 4.98. The first-order chi connectivity index (χ1) is 12.5. The number of carbonyl (C=O) groups excluding carboxylic acids is 1. The molecule has 0 atom stereocenters. The Bertz CT molecular complexity index is 951. The number of rotatable bonds is 4. The molecule has 5 heteroatoms. The minimum absolute atomic E-state index is 0.329. The third kappa shape index (κ3) is 3.72. The highest BCUT2D eigenvalue weighted by atomic mass is 16.2. The third-order valence-electron chi connectivity index (χ3n) is 4.20. The smallest absolute Gasteiger partial charge is 0.289 e. The van der Waals surface area contributed by atoms with Gasteiger partial charge in [0.15, 0.2) is 0 Å². The van der Waals surface area contributed by atoms with Crippen molar-refractivity contribution in [3.05, 3.63) is 82.4 Å². The minimum atomic E-state index is -0.329. The molecule has 1 amide bonds. The van der Waals surface area contributed by atoms with Crippen molar-refractivity contribution in [1.82, 2.24) is 15.0 Å². The van der Waals surface area contributed by atoms with E-state index in [0.29, 0.717) is 5.69 Å². The molecule has 5 nitrogen and oxygen atoms in total. The van der Waals surface area contributed by atoms with Gasteiger partial charge in [-0.25, -0.2) is 5.43 Å². The van der Waals surface area contributed by atoms with Gasteiger partial charge in [0.1, 0.15) is 5.69 Å². The lowest BCUT2D eigenvalue weighted by atomic mass is 10.1. The lowest BCUT2D eigenvalue weighted by molar-refractivity contribution is 0.0950. The molecule has 0 bridgehead atoms. The summed E-state index contributed by atoms with van der Waals surface area (Å²) in [4.78, 5) is 16.0. The molecule has 2 aromatic heterocycles. The van der Waals surface area contributed by atoms with Crippen LogP contribution in [0.25, 0.3) is 5.69 Å². The van der Waals surface area contributed by atoms with Crippen LogP contribution in [0.3, 0.4) is 0 Å². The number of hydrogen-bond donors (Lipinski definition) is 1. The van der Waals surface area contributed by atoms with E-state index in [2.05, 4.69) is 65.1 Å². The van der Waals surface area contributed by atoms with Crippen LogP contribution in [-0.2, 0) is 0 Å². The summed E-state index contributed by atoms with van der Waals surface area (Å²) in [5.41, 5.74) is 9.60. The summed E-state index contributed by atoms with van der Waals surface area (Å²) in [5.74, 6) is -0.329. The van der Waals surface area contributed by atoms with Gasteiger partial charge in [0.2, 0.25) is 0 Å². The van der Waals surface area contributed by atoms with Gasteiger partial charge in [-0.1, -0.05) is 12.1 Å². The van der Waals surface area contributed by atoms with Crippen molar-refractivity contribution in [3.63, 3.8) is 0 Å². The highest BCUT2D eigenvalue weighted by Gasteiger charge is 2.10. The maximum Gasteiger partial charge on any atom is 0.289 e. The first-order valence-electron chi connectivity index (χ1n) is 8.48. The molecule has 132 valence electrons. The fourth-order valence-corrected chi connectivity index (χ4v) is 3.11. The molecular formula is C21H22N4O. The van der Waals surface area contributed by atoms with Crippen molar-refractivity contribution < 1.29 is 4.79 Å². The molecule has 0 saturated heterocycles. The monoisotopic (exact) mass is 346 g/mol. The molecule has 0 fully saturated rings. The number of hydrogen-bond acceptors (Lipinski definition) is 3. The van der Waals surface area contributed by atoms with Crippen molar-refractivity contribution in [3.8, 4) is 5.69 Å². The Hall–Kier alpha value is -3.21. The van der Waals surface area contributed by atoms with Crippen molar-refractivity contribution >= 4 is 12.1 Å². The van der Waals surface area contributed by atoms with E-state index in [4.69, 9.17) is 0 Å². The Morgan fingerprint density at radius 1 is 1.08 bits per heavy atom. The molecule has 3 aromatic rings. The molecule has 0 unspecified atom stereocenters. The summed E-state index contributed by atoms with van der Waals surface area (Å²) in [7, 11) is 0. The second kappa shape index (κ2) is 7.35. The van der Waals surface area contributed by atoms with Crippen LogP contribution in [0.2, 0.25) is 0 Å². The first kappa shape index (κ1) is 17.6. The lowest BCUT2D eigenvalue weighted by Gasteiger charge is -2.11. The summed E-state index contributed by atoms with van der Waals surface area (Å²) in [6, 6.07) is 13.7. The number of aryl methyl sites for hydroxylation is 3. The van der Waals surface area contributed by atoms with Crippen molar-refractivity contribution in [2.24, 2.45) is 5.10 Å². The van der Waals surface area contributed by atoms with Gasteiger partial charge < -0.3 is 4.57 Å². The van der Waals surface area contributed by atoms with E-state index in [1.165, 1.54) is 11.1 Å². The number of pyridine rings is 1. The maximum absolute atomic E-state index is 12.0. The van der Waals surface area contributed by atoms with E-state index in [0.717, 1.165) is 22.6 Å². The summed E-state index contributed by atoms with van der Waals surface area (Å²) >= 11 is 0. The van der Waals surface area contributed by atoms with Gasteiger partial charge in [0, 0.05) is 28.8 Å². The van der Waals surface area contributed by atoms with Crippen LogP contribution in [0.15, 0.2) is 53.8 Å². The summed E-state index contributed by atoms with van der Waals surface area (Å²) in [5, 5.41) is 4.08. The fourth-order valence-electron chi connectivity index (χ4n) is 3.11. The number of amides is 1. The van der Waals surface area contributed by atoms with Crippen LogP contribution in [-0.4, -0.2) is 21.7 Å². The second-order valence-electron chi connectivity index (χ2n) is 6.42. The van der Waals surface area contributed by atoms with E-state index >= 15 is 0 Å². The largest absolute Gasteiger partial charge is 0.318 e. The van der Waals surface area contributed by atoms with Crippen molar-refractivity contribution in [2.75, 3.05) is 0 Å². The Morgan fingerprint density at radius 3 is 2.46 bits per heavy atom. The van der Waals surface area contributed by atoms with Crippen LogP contribution < -0.4 is 5.43 Å².